The van der Waals surface area contributed by atoms with E-state index in [4.69, 9.17) is 4.74 Å². The van der Waals surface area contributed by atoms with E-state index in [-0.39, 0.29) is 12.0 Å². The molecule has 0 unspecified atom stereocenters. The number of hydrogen-bond donors (Lipinski definition) is 1. The number of rotatable bonds is 5. The maximum absolute atomic E-state index is 12.4. The molecule has 2 heterocycles. The predicted octanol–water partition coefficient (Wildman–Crippen LogP) is 4.36. The minimum absolute atomic E-state index is 0.128. The molecule has 0 bridgehead atoms. The second-order valence-electron chi connectivity index (χ2n) is 7.22. The number of anilines is 2. The summed E-state index contributed by atoms with van der Waals surface area (Å²) in [5.74, 6) is 2.37. The molecule has 1 aliphatic heterocycles. The van der Waals surface area contributed by atoms with E-state index in [2.05, 4.69) is 22.1 Å². The summed E-state index contributed by atoms with van der Waals surface area (Å²) in [6.45, 7) is 8.32. The lowest BCUT2D eigenvalue weighted by Gasteiger charge is -2.31. The van der Waals surface area contributed by atoms with Crippen LogP contribution in [0.4, 0.5) is 11.5 Å². The van der Waals surface area contributed by atoms with Gasteiger partial charge in [-0.1, -0.05) is 6.92 Å². The number of piperidine rings is 1. The van der Waals surface area contributed by atoms with Crippen LogP contribution in [0.3, 0.4) is 0 Å². The Morgan fingerprint density at radius 3 is 2.42 bits per heavy atom. The Morgan fingerprint density at radius 1 is 1.15 bits per heavy atom. The van der Waals surface area contributed by atoms with Crippen LogP contribution < -0.4 is 15.0 Å². The molecule has 1 saturated heterocycles. The maximum Gasteiger partial charge on any atom is 0.257 e. The highest BCUT2D eigenvalue weighted by atomic mass is 16.5. The number of benzene rings is 1. The summed E-state index contributed by atoms with van der Waals surface area (Å²) >= 11 is 0. The lowest BCUT2D eigenvalue weighted by atomic mass is 9.99. The summed E-state index contributed by atoms with van der Waals surface area (Å²) in [7, 11) is 0. The number of hydrogen-bond acceptors (Lipinski definition) is 4. The average Bonchev–Trinajstić information content (AvgIpc) is 2.64. The van der Waals surface area contributed by atoms with Crippen LogP contribution >= 0.6 is 0 Å². The maximum atomic E-state index is 12.4. The molecule has 1 amide bonds. The van der Waals surface area contributed by atoms with Gasteiger partial charge < -0.3 is 15.0 Å². The molecule has 0 radical (unpaired) electrons. The third-order valence-electron chi connectivity index (χ3n) is 4.60. The third-order valence-corrected chi connectivity index (χ3v) is 4.60. The number of ether oxygens (including phenoxy) is 1. The van der Waals surface area contributed by atoms with E-state index in [1.807, 2.05) is 50.2 Å². The molecule has 0 saturated carbocycles. The van der Waals surface area contributed by atoms with Gasteiger partial charge in [-0.25, -0.2) is 4.98 Å². The van der Waals surface area contributed by atoms with Crippen molar-refractivity contribution in [2.45, 2.75) is 39.7 Å². The van der Waals surface area contributed by atoms with Crippen molar-refractivity contribution in [1.29, 1.82) is 0 Å². The van der Waals surface area contributed by atoms with Gasteiger partial charge in [0.05, 0.1) is 11.7 Å². The molecule has 5 heteroatoms. The highest BCUT2D eigenvalue weighted by Gasteiger charge is 2.17. The first-order valence-electron chi connectivity index (χ1n) is 9.30. The summed E-state index contributed by atoms with van der Waals surface area (Å²) in [5, 5.41) is 2.90. The average molecular weight is 353 g/mol. The molecule has 138 valence electrons. The van der Waals surface area contributed by atoms with Crippen molar-refractivity contribution in [2.75, 3.05) is 23.3 Å². The Balaban J connectivity index is 1.59. The van der Waals surface area contributed by atoms with Crippen molar-refractivity contribution in [1.82, 2.24) is 4.98 Å². The topological polar surface area (TPSA) is 54.5 Å². The number of carbonyl (C=O) groups is 1. The van der Waals surface area contributed by atoms with E-state index in [0.29, 0.717) is 5.56 Å². The standard InChI is InChI=1S/C21H27N3O2/c1-15(2)26-19-7-5-18(6-8-19)23-21(25)17-4-9-20(22-14-17)24-12-10-16(3)11-13-24/h4-9,14-16H,10-13H2,1-3H3,(H,23,25). The van der Waals surface area contributed by atoms with E-state index < -0.39 is 0 Å². The van der Waals surface area contributed by atoms with Gasteiger partial charge in [0, 0.05) is 25.0 Å². The van der Waals surface area contributed by atoms with Gasteiger partial charge in [-0.2, -0.15) is 0 Å². The van der Waals surface area contributed by atoms with Gasteiger partial charge in [0.25, 0.3) is 5.91 Å². The van der Waals surface area contributed by atoms with E-state index in [1.165, 1.54) is 12.8 Å². The lowest BCUT2D eigenvalue weighted by molar-refractivity contribution is 0.102. The highest BCUT2D eigenvalue weighted by Crippen LogP contribution is 2.22. The smallest absolute Gasteiger partial charge is 0.257 e. The number of aromatic nitrogens is 1. The van der Waals surface area contributed by atoms with Crippen molar-refractivity contribution in [2.24, 2.45) is 5.92 Å². The first-order valence-corrected chi connectivity index (χ1v) is 9.30. The van der Waals surface area contributed by atoms with Crippen molar-refractivity contribution in [3.63, 3.8) is 0 Å². The van der Waals surface area contributed by atoms with Crippen LogP contribution in [0.2, 0.25) is 0 Å². The quantitative estimate of drug-likeness (QED) is 0.868. The van der Waals surface area contributed by atoms with Crippen LogP contribution in [0.15, 0.2) is 42.6 Å². The van der Waals surface area contributed by atoms with Gasteiger partial charge >= 0.3 is 0 Å². The van der Waals surface area contributed by atoms with Crippen molar-refractivity contribution in [3.8, 4) is 5.75 Å². The Hall–Kier alpha value is -2.56. The van der Waals surface area contributed by atoms with Crippen LogP contribution in [0.1, 0.15) is 44.0 Å². The van der Waals surface area contributed by atoms with Gasteiger partial charge in [0.15, 0.2) is 0 Å². The molecular weight excluding hydrogens is 326 g/mol. The van der Waals surface area contributed by atoms with Crippen LogP contribution in [0.5, 0.6) is 5.75 Å². The van der Waals surface area contributed by atoms with Crippen LogP contribution in [-0.2, 0) is 0 Å². The van der Waals surface area contributed by atoms with Crippen molar-refractivity contribution in [3.05, 3.63) is 48.2 Å². The number of amides is 1. The monoisotopic (exact) mass is 353 g/mol. The van der Waals surface area contributed by atoms with Crippen LogP contribution in [0, 0.1) is 5.92 Å². The molecule has 0 aliphatic carbocycles. The highest BCUT2D eigenvalue weighted by molar-refractivity contribution is 6.04. The second kappa shape index (κ2) is 8.21. The molecule has 1 fully saturated rings. The summed E-state index contributed by atoms with van der Waals surface area (Å²) in [5.41, 5.74) is 1.29. The minimum Gasteiger partial charge on any atom is -0.491 e. The molecule has 0 atom stereocenters. The molecule has 1 N–H and O–H groups in total. The van der Waals surface area contributed by atoms with Gasteiger partial charge in [-0.3, -0.25) is 4.79 Å². The van der Waals surface area contributed by atoms with Crippen LogP contribution in [0.25, 0.3) is 0 Å². The molecular formula is C21H27N3O2. The van der Waals surface area contributed by atoms with E-state index in [0.717, 1.165) is 36.3 Å². The SMILES string of the molecule is CC1CCN(c2ccc(C(=O)Nc3ccc(OC(C)C)cc3)cn2)CC1. The summed E-state index contributed by atoms with van der Waals surface area (Å²) in [6, 6.07) is 11.2. The fourth-order valence-electron chi connectivity index (χ4n) is 3.04. The largest absolute Gasteiger partial charge is 0.491 e. The molecule has 3 rings (SSSR count). The van der Waals surface area contributed by atoms with E-state index >= 15 is 0 Å². The first kappa shape index (κ1) is 18.2. The van der Waals surface area contributed by atoms with E-state index in [9.17, 15) is 4.79 Å². The zero-order chi connectivity index (χ0) is 18.5. The van der Waals surface area contributed by atoms with E-state index in [1.54, 1.807) is 6.20 Å². The van der Waals surface area contributed by atoms with Crippen LogP contribution in [-0.4, -0.2) is 30.1 Å². The summed E-state index contributed by atoms with van der Waals surface area (Å²) in [6.07, 6.45) is 4.17. The molecule has 1 aliphatic rings. The predicted molar refractivity (Wildman–Crippen MR) is 105 cm³/mol. The minimum atomic E-state index is -0.158. The summed E-state index contributed by atoms with van der Waals surface area (Å²) < 4.78 is 5.61. The van der Waals surface area contributed by atoms with Gasteiger partial charge in [-0.05, 0) is 69.0 Å². The Morgan fingerprint density at radius 2 is 1.85 bits per heavy atom. The third kappa shape index (κ3) is 4.75. The number of carbonyl (C=O) groups excluding carboxylic acids is 1. The Kier molecular flexibility index (Phi) is 5.76. The van der Waals surface area contributed by atoms with Gasteiger partial charge in [0.1, 0.15) is 11.6 Å². The molecule has 26 heavy (non-hydrogen) atoms. The lowest BCUT2D eigenvalue weighted by Crippen LogP contribution is -2.33. The second-order valence-corrected chi connectivity index (χ2v) is 7.22. The van der Waals surface area contributed by atoms with Crippen molar-refractivity contribution >= 4 is 17.4 Å². The normalized spacial score (nSPS) is 15.2. The first-order chi connectivity index (χ1) is 12.5. The van der Waals surface area contributed by atoms with Gasteiger partial charge in [0.2, 0.25) is 0 Å². The van der Waals surface area contributed by atoms with Crippen molar-refractivity contribution < 1.29 is 9.53 Å². The fraction of sp³-hybridized carbons (Fsp3) is 0.429. The number of pyridine rings is 1. The number of nitrogens with one attached hydrogen (secondary N) is 1. The Labute approximate surface area is 155 Å². The number of nitrogens with zero attached hydrogens (tertiary/aromatic N) is 2. The summed E-state index contributed by atoms with van der Waals surface area (Å²) in [4.78, 5) is 19.2. The van der Waals surface area contributed by atoms with Gasteiger partial charge in [-0.15, -0.1) is 0 Å². The zero-order valence-corrected chi connectivity index (χ0v) is 15.7. The molecule has 1 aromatic heterocycles. The fourth-order valence-corrected chi connectivity index (χ4v) is 3.04. The molecule has 2 aromatic rings. The molecule has 1 aromatic carbocycles. The molecule has 5 nitrogen and oxygen atoms in total. The Bertz CT molecular complexity index is 718. The molecule has 0 spiro atoms. The zero-order valence-electron chi connectivity index (χ0n) is 15.7.